The van der Waals surface area contributed by atoms with Gasteiger partial charge in [-0.3, -0.25) is 4.79 Å². The van der Waals surface area contributed by atoms with Crippen LogP contribution in [-0.2, 0) is 4.79 Å². The van der Waals surface area contributed by atoms with Crippen molar-refractivity contribution in [2.24, 2.45) is 0 Å². The van der Waals surface area contributed by atoms with Crippen LogP contribution in [0.2, 0.25) is 5.02 Å². The molecular weight excluding hydrogens is 369 g/mol. The van der Waals surface area contributed by atoms with E-state index in [1.807, 2.05) is 18.2 Å². The van der Waals surface area contributed by atoms with E-state index in [1.54, 1.807) is 37.4 Å². The van der Waals surface area contributed by atoms with Gasteiger partial charge >= 0.3 is 0 Å². The number of carbonyl (C=O) groups is 1. The van der Waals surface area contributed by atoms with Gasteiger partial charge in [-0.1, -0.05) is 29.8 Å². The number of fused-ring (bicyclic) bond motifs is 1. The molecule has 3 rings (SSSR count). The highest BCUT2D eigenvalue weighted by molar-refractivity contribution is 6.30. The van der Waals surface area contributed by atoms with Crippen molar-refractivity contribution in [3.05, 3.63) is 76.6 Å². The van der Waals surface area contributed by atoms with Gasteiger partial charge in [-0.15, -0.1) is 0 Å². The number of benzene rings is 2. The summed E-state index contributed by atoms with van der Waals surface area (Å²) >= 11 is 6.00. The second kappa shape index (κ2) is 8.73. The zero-order chi connectivity index (χ0) is 19.2. The molecule has 4 nitrogen and oxygen atoms in total. The van der Waals surface area contributed by atoms with E-state index < -0.39 is 5.82 Å². The fraction of sp³-hybridized carbons (Fsp3) is 0.190. The van der Waals surface area contributed by atoms with E-state index in [4.69, 9.17) is 21.1 Å². The van der Waals surface area contributed by atoms with Gasteiger partial charge in [0.05, 0.1) is 6.54 Å². The third-order valence-corrected chi connectivity index (χ3v) is 4.28. The molecule has 0 fully saturated rings. The number of hydrogen-bond donors (Lipinski definition) is 0. The monoisotopic (exact) mass is 387 g/mol. The zero-order valence-electron chi connectivity index (χ0n) is 14.8. The number of ether oxygens (including phenoxy) is 2. The van der Waals surface area contributed by atoms with Crippen molar-refractivity contribution in [2.45, 2.75) is 0 Å². The maximum Gasteiger partial charge on any atom is 0.246 e. The molecule has 0 saturated heterocycles. The van der Waals surface area contributed by atoms with Gasteiger partial charge in [-0.2, -0.15) is 0 Å². The summed E-state index contributed by atoms with van der Waals surface area (Å²) in [6, 6.07) is 11.6. The van der Waals surface area contributed by atoms with Crippen LogP contribution in [-0.4, -0.2) is 37.6 Å². The minimum Gasteiger partial charge on any atom is -0.489 e. The van der Waals surface area contributed by atoms with Crippen LogP contribution in [0.4, 0.5) is 4.39 Å². The van der Waals surface area contributed by atoms with E-state index in [0.29, 0.717) is 18.2 Å². The first-order valence-electron chi connectivity index (χ1n) is 8.46. The molecule has 1 aliphatic heterocycles. The smallest absolute Gasteiger partial charge is 0.246 e. The summed E-state index contributed by atoms with van der Waals surface area (Å²) in [5, 5.41) is 0.629. The highest BCUT2D eigenvalue weighted by Crippen LogP contribution is 2.29. The molecule has 0 unspecified atom stereocenters. The first kappa shape index (κ1) is 19.0. The van der Waals surface area contributed by atoms with Gasteiger partial charge < -0.3 is 14.4 Å². The van der Waals surface area contributed by atoms with E-state index >= 15 is 0 Å². The van der Waals surface area contributed by atoms with Crippen molar-refractivity contribution in [1.82, 2.24) is 4.90 Å². The predicted molar refractivity (Wildman–Crippen MR) is 104 cm³/mol. The molecule has 6 heteroatoms. The number of likely N-dealkylation sites (N-methyl/N-ethyl adjacent to an activating group) is 1. The second-order valence-electron chi connectivity index (χ2n) is 6.06. The van der Waals surface area contributed by atoms with Crippen molar-refractivity contribution in [3.63, 3.8) is 0 Å². The number of para-hydroxylation sites is 1. The third-order valence-electron chi connectivity index (χ3n) is 4.04. The molecule has 2 aromatic carbocycles. The Morgan fingerprint density at radius 1 is 1.33 bits per heavy atom. The summed E-state index contributed by atoms with van der Waals surface area (Å²) < 4.78 is 24.5. The van der Waals surface area contributed by atoms with E-state index in [2.05, 4.69) is 0 Å². The number of nitrogens with zero attached hydrogens (tertiary/aromatic N) is 1. The van der Waals surface area contributed by atoms with Gasteiger partial charge in [0.2, 0.25) is 5.91 Å². The van der Waals surface area contributed by atoms with Crippen LogP contribution in [0, 0.1) is 5.82 Å². The lowest BCUT2D eigenvalue weighted by Gasteiger charge is -2.17. The molecule has 0 aromatic heterocycles. The molecule has 0 spiro atoms. The Morgan fingerprint density at radius 3 is 2.96 bits per heavy atom. The normalized spacial score (nSPS) is 12.9. The SMILES string of the molecule is CN(CCOc1ccccc1F)C(=O)/C=C/C1=Cc2cc(Cl)ccc2OC1. The van der Waals surface area contributed by atoms with Crippen molar-refractivity contribution < 1.29 is 18.7 Å². The molecule has 0 N–H and O–H groups in total. The van der Waals surface area contributed by atoms with Crippen LogP contribution < -0.4 is 9.47 Å². The topological polar surface area (TPSA) is 38.8 Å². The predicted octanol–water partition coefficient (Wildman–Crippen LogP) is 4.35. The van der Waals surface area contributed by atoms with Crippen LogP contribution >= 0.6 is 11.6 Å². The van der Waals surface area contributed by atoms with Gasteiger partial charge in [-0.25, -0.2) is 4.39 Å². The zero-order valence-corrected chi connectivity index (χ0v) is 15.6. The van der Waals surface area contributed by atoms with Gasteiger partial charge in [0.15, 0.2) is 11.6 Å². The Morgan fingerprint density at radius 2 is 2.15 bits per heavy atom. The molecular formula is C21H19ClFNO3. The lowest BCUT2D eigenvalue weighted by Crippen LogP contribution is -2.29. The summed E-state index contributed by atoms with van der Waals surface area (Å²) in [6.07, 6.45) is 5.14. The van der Waals surface area contributed by atoms with Gasteiger partial charge in [-0.05, 0) is 42.0 Å². The Kier molecular flexibility index (Phi) is 6.14. The average Bonchev–Trinajstić information content (AvgIpc) is 2.67. The lowest BCUT2D eigenvalue weighted by atomic mass is 10.1. The summed E-state index contributed by atoms with van der Waals surface area (Å²) in [4.78, 5) is 13.7. The minimum absolute atomic E-state index is 0.176. The summed E-state index contributed by atoms with van der Waals surface area (Å²) in [7, 11) is 1.66. The first-order chi connectivity index (χ1) is 13.0. The van der Waals surface area contributed by atoms with Crippen LogP contribution in [0.5, 0.6) is 11.5 Å². The van der Waals surface area contributed by atoms with E-state index in [9.17, 15) is 9.18 Å². The maximum atomic E-state index is 13.5. The number of hydrogen-bond acceptors (Lipinski definition) is 3. The second-order valence-corrected chi connectivity index (χ2v) is 6.50. The van der Waals surface area contributed by atoms with Crippen LogP contribution in [0.25, 0.3) is 6.08 Å². The number of halogens is 2. The van der Waals surface area contributed by atoms with Crippen LogP contribution in [0.3, 0.4) is 0 Å². The van der Waals surface area contributed by atoms with Crippen molar-refractivity contribution >= 4 is 23.6 Å². The first-order valence-corrected chi connectivity index (χ1v) is 8.84. The van der Waals surface area contributed by atoms with Crippen molar-refractivity contribution in [1.29, 1.82) is 0 Å². The number of rotatable bonds is 6. The molecule has 140 valence electrons. The standard InChI is InChI=1S/C21H19ClFNO3/c1-24(10-11-26-20-5-3-2-4-18(20)23)21(25)9-6-15-12-16-13-17(22)7-8-19(16)27-14-15/h2-9,12-13H,10-11,14H2,1H3/b9-6+. The summed E-state index contributed by atoms with van der Waals surface area (Å²) in [6.45, 7) is 0.929. The summed E-state index contributed by atoms with van der Waals surface area (Å²) in [5.74, 6) is 0.349. The summed E-state index contributed by atoms with van der Waals surface area (Å²) in [5.41, 5.74) is 1.75. The molecule has 1 aliphatic rings. The van der Waals surface area contributed by atoms with E-state index in [0.717, 1.165) is 16.9 Å². The largest absolute Gasteiger partial charge is 0.489 e. The fourth-order valence-corrected chi connectivity index (χ4v) is 2.71. The van der Waals surface area contributed by atoms with E-state index in [1.165, 1.54) is 17.0 Å². The minimum atomic E-state index is -0.420. The van der Waals surface area contributed by atoms with Crippen LogP contribution in [0.15, 0.2) is 60.2 Å². The van der Waals surface area contributed by atoms with E-state index in [-0.39, 0.29) is 18.3 Å². The molecule has 1 heterocycles. The molecule has 2 aromatic rings. The van der Waals surface area contributed by atoms with Crippen molar-refractivity contribution in [2.75, 3.05) is 26.8 Å². The lowest BCUT2D eigenvalue weighted by molar-refractivity contribution is -0.125. The van der Waals surface area contributed by atoms with Gasteiger partial charge in [0.1, 0.15) is 19.0 Å². The third kappa shape index (κ3) is 5.11. The molecule has 0 bridgehead atoms. The van der Waals surface area contributed by atoms with Crippen molar-refractivity contribution in [3.8, 4) is 11.5 Å². The van der Waals surface area contributed by atoms with Gasteiger partial charge in [0, 0.05) is 23.7 Å². The molecule has 0 aliphatic carbocycles. The molecule has 0 radical (unpaired) electrons. The molecule has 1 amide bonds. The highest BCUT2D eigenvalue weighted by atomic mass is 35.5. The number of carbonyl (C=O) groups excluding carboxylic acids is 1. The Labute approximate surface area is 162 Å². The Bertz CT molecular complexity index is 895. The molecule has 0 saturated carbocycles. The Balaban J connectivity index is 1.53. The van der Waals surface area contributed by atoms with Gasteiger partial charge in [0.25, 0.3) is 0 Å². The fourth-order valence-electron chi connectivity index (χ4n) is 2.53. The number of amides is 1. The maximum absolute atomic E-state index is 13.5. The highest BCUT2D eigenvalue weighted by Gasteiger charge is 2.11. The van der Waals surface area contributed by atoms with Crippen LogP contribution in [0.1, 0.15) is 5.56 Å². The average molecular weight is 388 g/mol. The molecule has 0 atom stereocenters. The molecule has 27 heavy (non-hydrogen) atoms. The Hall–Kier alpha value is -2.79. The quantitative estimate of drug-likeness (QED) is 0.692.